The molecule has 164 valence electrons. The Labute approximate surface area is 179 Å². The first kappa shape index (κ1) is 22.3. The molecule has 0 bridgehead atoms. The summed E-state index contributed by atoms with van der Waals surface area (Å²) in [6.45, 7) is 7.00. The third-order valence-corrected chi connectivity index (χ3v) is 5.34. The van der Waals surface area contributed by atoms with Crippen molar-refractivity contribution in [1.29, 1.82) is 0 Å². The number of hydrogen-bond donors (Lipinski definition) is 1. The highest BCUT2D eigenvalue weighted by molar-refractivity contribution is 5.71. The van der Waals surface area contributed by atoms with E-state index < -0.39 is 0 Å². The number of ether oxygens (including phenoxy) is 2. The van der Waals surface area contributed by atoms with Crippen molar-refractivity contribution in [3.8, 4) is 5.75 Å². The summed E-state index contributed by atoms with van der Waals surface area (Å²) < 4.78 is 17.0. The minimum Gasteiger partial charge on any atom is -0.493 e. The molecule has 2 aromatic rings. The summed E-state index contributed by atoms with van der Waals surface area (Å²) in [4.78, 5) is 16.4. The van der Waals surface area contributed by atoms with Gasteiger partial charge in [-0.05, 0) is 51.3 Å². The molecule has 3 rings (SSSR count). The second-order valence-electron chi connectivity index (χ2n) is 8.28. The smallest absolute Gasteiger partial charge is 0.320 e. The maximum Gasteiger partial charge on any atom is 0.320 e. The Morgan fingerprint density at radius 3 is 2.83 bits per heavy atom. The van der Waals surface area contributed by atoms with Crippen molar-refractivity contribution in [1.82, 2.24) is 10.3 Å². The number of esters is 1. The summed E-state index contributed by atoms with van der Waals surface area (Å²) in [7, 11) is 0. The first-order valence-electron chi connectivity index (χ1n) is 11.1. The zero-order valence-corrected chi connectivity index (χ0v) is 18.4. The highest BCUT2D eigenvalue weighted by Gasteiger charge is 2.21. The van der Waals surface area contributed by atoms with Crippen LogP contribution in [0.4, 0.5) is 0 Å². The van der Waals surface area contributed by atoms with E-state index in [4.69, 9.17) is 18.9 Å². The van der Waals surface area contributed by atoms with Gasteiger partial charge in [0.2, 0.25) is 0 Å². The van der Waals surface area contributed by atoms with Crippen LogP contribution < -0.4 is 10.1 Å². The van der Waals surface area contributed by atoms with Crippen LogP contribution in [-0.2, 0) is 22.5 Å². The molecule has 6 heteroatoms. The molecule has 1 heterocycles. The van der Waals surface area contributed by atoms with Gasteiger partial charge in [0.15, 0.2) is 5.89 Å². The van der Waals surface area contributed by atoms with E-state index in [0.717, 1.165) is 35.1 Å². The van der Waals surface area contributed by atoms with E-state index in [-0.39, 0.29) is 18.6 Å². The second-order valence-corrected chi connectivity index (χ2v) is 8.28. The number of aryl methyl sites for hydroxylation is 1. The number of benzene rings is 1. The Balaban J connectivity index is 1.44. The normalized spacial score (nSPS) is 14.8. The van der Waals surface area contributed by atoms with E-state index in [2.05, 4.69) is 5.32 Å². The molecule has 1 aliphatic carbocycles. The number of aromatic nitrogens is 1. The standard InChI is InChI=1S/C24H34N2O4/c1-17(2)29-23(27)16-25-15-19-8-7-11-21(14-19)28-13-12-22-18(3)30-24(26-22)20-9-5-4-6-10-20/h7-8,11,14,17,20,25H,4-6,9-10,12-13,15-16H2,1-3H3. The average Bonchev–Trinajstić information content (AvgIpc) is 3.09. The van der Waals surface area contributed by atoms with E-state index in [0.29, 0.717) is 19.1 Å². The second kappa shape index (κ2) is 11.2. The van der Waals surface area contributed by atoms with Crippen LogP contribution in [-0.4, -0.2) is 30.2 Å². The van der Waals surface area contributed by atoms with Gasteiger partial charge in [-0.2, -0.15) is 0 Å². The summed E-state index contributed by atoms with van der Waals surface area (Å²) in [6, 6.07) is 7.90. The molecule has 1 saturated carbocycles. The van der Waals surface area contributed by atoms with Crippen LogP contribution in [0.25, 0.3) is 0 Å². The van der Waals surface area contributed by atoms with Gasteiger partial charge in [-0.1, -0.05) is 31.4 Å². The molecule has 1 aromatic carbocycles. The summed E-state index contributed by atoms with van der Waals surface area (Å²) in [5.41, 5.74) is 2.05. The fourth-order valence-corrected chi connectivity index (χ4v) is 3.83. The zero-order chi connectivity index (χ0) is 21.3. The zero-order valence-electron chi connectivity index (χ0n) is 18.4. The van der Waals surface area contributed by atoms with Gasteiger partial charge in [-0.15, -0.1) is 0 Å². The topological polar surface area (TPSA) is 73.6 Å². The molecule has 0 atom stereocenters. The number of nitrogens with one attached hydrogen (secondary N) is 1. The van der Waals surface area contributed by atoms with Crippen molar-refractivity contribution in [2.24, 2.45) is 0 Å². The molecule has 6 nitrogen and oxygen atoms in total. The first-order chi connectivity index (χ1) is 14.5. The number of oxazole rings is 1. The van der Waals surface area contributed by atoms with E-state index in [9.17, 15) is 4.79 Å². The Hall–Kier alpha value is -2.34. The van der Waals surface area contributed by atoms with Gasteiger partial charge >= 0.3 is 5.97 Å². The first-order valence-corrected chi connectivity index (χ1v) is 11.1. The molecule has 1 N–H and O–H groups in total. The van der Waals surface area contributed by atoms with Crippen LogP contribution in [0.3, 0.4) is 0 Å². The molecule has 0 saturated heterocycles. The monoisotopic (exact) mass is 414 g/mol. The van der Waals surface area contributed by atoms with E-state index >= 15 is 0 Å². The molecular weight excluding hydrogens is 380 g/mol. The lowest BCUT2D eigenvalue weighted by Crippen LogP contribution is -2.26. The number of carbonyl (C=O) groups is 1. The number of nitrogens with zero attached hydrogens (tertiary/aromatic N) is 1. The molecule has 0 amide bonds. The predicted molar refractivity (Wildman–Crippen MR) is 116 cm³/mol. The quantitative estimate of drug-likeness (QED) is 0.569. The average molecular weight is 415 g/mol. The van der Waals surface area contributed by atoms with E-state index in [1.54, 1.807) is 0 Å². The highest BCUT2D eigenvalue weighted by atomic mass is 16.5. The predicted octanol–water partition coefficient (Wildman–Crippen LogP) is 4.69. The van der Waals surface area contributed by atoms with Crippen molar-refractivity contribution in [3.63, 3.8) is 0 Å². The summed E-state index contributed by atoms with van der Waals surface area (Å²) in [5.74, 6) is 2.87. The van der Waals surface area contributed by atoms with Crippen LogP contribution in [0.2, 0.25) is 0 Å². The minimum atomic E-state index is -0.243. The van der Waals surface area contributed by atoms with Crippen molar-refractivity contribution in [2.45, 2.75) is 77.9 Å². The number of rotatable bonds is 10. The number of hydrogen-bond acceptors (Lipinski definition) is 6. The molecule has 30 heavy (non-hydrogen) atoms. The lowest BCUT2D eigenvalue weighted by atomic mass is 9.89. The minimum absolute atomic E-state index is 0.0943. The lowest BCUT2D eigenvalue weighted by Gasteiger charge is -2.17. The van der Waals surface area contributed by atoms with Crippen molar-refractivity contribution >= 4 is 5.97 Å². The van der Waals surface area contributed by atoms with Gasteiger partial charge in [0, 0.05) is 18.9 Å². The summed E-state index contributed by atoms with van der Waals surface area (Å²) >= 11 is 0. The molecular formula is C24H34N2O4. The molecule has 0 unspecified atom stereocenters. The Morgan fingerprint density at radius 1 is 1.27 bits per heavy atom. The largest absolute Gasteiger partial charge is 0.493 e. The van der Waals surface area contributed by atoms with Crippen LogP contribution in [0.1, 0.15) is 74.8 Å². The van der Waals surface area contributed by atoms with Crippen molar-refractivity contribution in [2.75, 3.05) is 13.2 Å². The Kier molecular flexibility index (Phi) is 8.31. The van der Waals surface area contributed by atoms with E-state index in [1.165, 1.54) is 32.1 Å². The molecule has 0 spiro atoms. The maximum absolute atomic E-state index is 11.6. The van der Waals surface area contributed by atoms with Crippen LogP contribution in [0, 0.1) is 6.92 Å². The van der Waals surface area contributed by atoms with Gasteiger partial charge < -0.3 is 19.2 Å². The van der Waals surface area contributed by atoms with Crippen LogP contribution in [0.5, 0.6) is 5.75 Å². The summed E-state index contributed by atoms with van der Waals surface area (Å²) in [6.07, 6.45) is 6.88. The molecule has 1 fully saturated rings. The fraction of sp³-hybridized carbons (Fsp3) is 0.583. The lowest BCUT2D eigenvalue weighted by molar-refractivity contribution is -0.146. The Bertz CT molecular complexity index is 809. The van der Waals surface area contributed by atoms with E-state index in [1.807, 2.05) is 45.0 Å². The fourth-order valence-electron chi connectivity index (χ4n) is 3.83. The third-order valence-electron chi connectivity index (χ3n) is 5.34. The van der Waals surface area contributed by atoms with Crippen LogP contribution in [0.15, 0.2) is 28.7 Å². The van der Waals surface area contributed by atoms with Gasteiger partial charge in [0.25, 0.3) is 0 Å². The highest BCUT2D eigenvalue weighted by Crippen LogP contribution is 2.33. The molecule has 1 aliphatic rings. The van der Waals surface area contributed by atoms with Gasteiger partial charge in [0.05, 0.1) is 24.9 Å². The molecule has 0 radical (unpaired) electrons. The molecule has 0 aliphatic heterocycles. The van der Waals surface area contributed by atoms with Gasteiger partial charge in [-0.3, -0.25) is 4.79 Å². The van der Waals surface area contributed by atoms with Crippen LogP contribution >= 0.6 is 0 Å². The van der Waals surface area contributed by atoms with Gasteiger partial charge in [-0.25, -0.2) is 4.98 Å². The third kappa shape index (κ3) is 6.87. The molecule has 1 aromatic heterocycles. The maximum atomic E-state index is 11.6. The SMILES string of the molecule is Cc1oc(C2CCCCC2)nc1CCOc1cccc(CNCC(=O)OC(C)C)c1. The summed E-state index contributed by atoms with van der Waals surface area (Å²) in [5, 5.41) is 3.10. The number of carbonyl (C=O) groups excluding carboxylic acids is 1. The van der Waals surface area contributed by atoms with Gasteiger partial charge in [0.1, 0.15) is 11.5 Å². The Morgan fingerprint density at radius 2 is 2.07 bits per heavy atom. The van der Waals surface area contributed by atoms with Crippen molar-refractivity contribution in [3.05, 3.63) is 47.2 Å². The van der Waals surface area contributed by atoms with Crippen molar-refractivity contribution < 1.29 is 18.7 Å².